The van der Waals surface area contributed by atoms with E-state index in [1.807, 2.05) is 47.8 Å². The lowest BCUT2D eigenvalue weighted by Gasteiger charge is -2.26. The van der Waals surface area contributed by atoms with Crippen molar-refractivity contribution < 1.29 is 9.90 Å². The summed E-state index contributed by atoms with van der Waals surface area (Å²) in [5, 5.41) is 13.0. The second-order valence-corrected chi connectivity index (χ2v) is 5.95. The maximum atomic E-state index is 12.7. The molecule has 0 aliphatic carbocycles. The number of benzene rings is 2. The van der Waals surface area contributed by atoms with Crippen LogP contribution in [0.5, 0.6) is 0 Å². The number of carbonyl (C=O) groups is 1. The van der Waals surface area contributed by atoms with Crippen LogP contribution in [-0.2, 0) is 10.4 Å². The van der Waals surface area contributed by atoms with Gasteiger partial charge in [-0.3, -0.25) is 15.6 Å². The first-order valence-corrected chi connectivity index (χ1v) is 8.02. The van der Waals surface area contributed by atoms with E-state index < -0.39 is 11.5 Å². The second kappa shape index (κ2) is 6.64. The summed E-state index contributed by atoms with van der Waals surface area (Å²) in [4.78, 5) is 13.3. The van der Waals surface area contributed by atoms with Crippen LogP contribution >= 0.6 is 11.3 Å². The molecular formula is C18H16N2O2S. The molecule has 0 bridgehead atoms. The number of para-hydroxylation sites is 1. The number of amides is 1. The van der Waals surface area contributed by atoms with Crippen LogP contribution in [0.15, 0.2) is 78.2 Å². The fourth-order valence-corrected chi connectivity index (χ4v) is 3.13. The van der Waals surface area contributed by atoms with Crippen LogP contribution in [0.25, 0.3) is 0 Å². The molecule has 3 aromatic rings. The first-order valence-electron chi connectivity index (χ1n) is 7.14. The lowest BCUT2D eigenvalue weighted by molar-refractivity contribution is -0.135. The Balaban J connectivity index is 1.88. The van der Waals surface area contributed by atoms with Crippen molar-refractivity contribution in [2.24, 2.45) is 0 Å². The lowest BCUT2D eigenvalue weighted by Crippen LogP contribution is -2.47. The molecule has 0 aliphatic heterocycles. The molecule has 0 aliphatic rings. The van der Waals surface area contributed by atoms with Gasteiger partial charge in [-0.2, -0.15) is 0 Å². The maximum absolute atomic E-state index is 12.7. The quantitative estimate of drug-likeness (QED) is 0.632. The third-order valence-electron chi connectivity index (χ3n) is 3.49. The van der Waals surface area contributed by atoms with Gasteiger partial charge in [-0.1, -0.05) is 54.6 Å². The number of aliphatic hydroxyl groups is 1. The summed E-state index contributed by atoms with van der Waals surface area (Å²) in [5.74, 6) is -0.532. The maximum Gasteiger partial charge on any atom is 0.280 e. The van der Waals surface area contributed by atoms with Crippen LogP contribution < -0.4 is 10.9 Å². The first-order chi connectivity index (χ1) is 11.2. The number of hydrogen-bond donors (Lipinski definition) is 3. The van der Waals surface area contributed by atoms with Gasteiger partial charge in [0.25, 0.3) is 5.91 Å². The number of hydrazine groups is 1. The van der Waals surface area contributed by atoms with Gasteiger partial charge in [0, 0.05) is 0 Å². The van der Waals surface area contributed by atoms with Crippen LogP contribution in [0.4, 0.5) is 5.69 Å². The van der Waals surface area contributed by atoms with Crippen molar-refractivity contribution in [3.05, 3.63) is 88.6 Å². The molecule has 23 heavy (non-hydrogen) atoms. The standard InChI is InChI=1S/C18H16N2O2S/c21-17(20-19-15-10-5-2-6-11-15)18(22,16-12-7-13-23-16)14-8-3-1-4-9-14/h1-13,19,22H,(H,20,21)/t18-/m1/s1. The molecule has 1 atom stereocenters. The third-order valence-corrected chi connectivity index (χ3v) is 4.47. The second-order valence-electron chi connectivity index (χ2n) is 5.00. The number of hydrogen-bond acceptors (Lipinski definition) is 4. The summed E-state index contributed by atoms with van der Waals surface area (Å²) in [6.07, 6.45) is 0. The van der Waals surface area contributed by atoms with E-state index in [0.29, 0.717) is 10.4 Å². The molecule has 0 saturated heterocycles. The minimum atomic E-state index is -1.74. The molecule has 0 spiro atoms. The highest BCUT2D eigenvalue weighted by atomic mass is 32.1. The van der Waals surface area contributed by atoms with Crippen LogP contribution in [0.1, 0.15) is 10.4 Å². The van der Waals surface area contributed by atoms with Crippen LogP contribution in [0.3, 0.4) is 0 Å². The van der Waals surface area contributed by atoms with E-state index in [1.165, 1.54) is 11.3 Å². The van der Waals surface area contributed by atoms with Crippen LogP contribution in [0.2, 0.25) is 0 Å². The Labute approximate surface area is 138 Å². The molecule has 0 unspecified atom stereocenters. The van der Waals surface area contributed by atoms with Crippen molar-refractivity contribution in [2.75, 3.05) is 5.43 Å². The monoisotopic (exact) mass is 324 g/mol. The van der Waals surface area contributed by atoms with Crippen molar-refractivity contribution in [3.63, 3.8) is 0 Å². The molecular weight excluding hydrogens is 308 g/mol. The largest absolute Gasteiger partial charge is 0.371 e. The number of carbonyl (C=O) groups excluding carboxylic acids is 1. The average molecular weight is 324 g/mol. The Morgan fingerprint density at radius 2 is 1.57 bits per heavy atom. The minimum absolute atomic E-state index is 0.523. The molecule has 5 heteroatoms. The van der Waals surface area contributed by atoms with E-state index in [2.05, 4.69) is 10.9 Å². The molecule has 3 rings (SSSR count). The van der Waals surface area contributed by atoms with E-state index >= 15 is 0 Å². The molecule has 1 heterocycles. The van der Waals surface area contributed by atoms with E-state index in [-0.39, 0.29) is 0 Å². The molecule has 116 valence electrons. The van der Waals surface area contributed by atoms with Crippen molar-refractivity contribution in [3.8, 4) is 0 Å². The van der Waals surface area contributed by atoms with Crippen LogP contribution in [0, 0.1) is 0 Å². The van der Waals surface area contributed by atoms with Crippen molar-refractivity contribution in [1.82, 2.24) is 5.43 Å². The molecule has 1 aromatic heterocycles. The predicted molar refractivity (Wildman–Crippen MR) is 92.0 cm³/mol. The highest BCUT2D eigenvalue weighted by molar-refractivity contribution is 7.10. The topological polar surface area (TPSA) is 61.4 Å². The van der Waals surface area contributed by atoms with Crippen LogP contribution in [-0.4, -0.2) is 11.0 Å². The summed E-state index contributed by atoms with van der Waals surface area (Å²) in [5.41, 5.74) is 4.94. The Bertz CT molecular complexity index is 760. The molecule has 2 aromatic carbocycles. The number of nitrogens with one attached hydrogen (secondary N) is 2. The summed E-state index contributed by atoms with van der Waals surface area (Å²) in [6.45, 7) is 0. The van der Waals surface area contributed by atoms with E-state index in [1.54, 1.807) is 30.3 Å². The highest BCUT2D eigenvalue weighted by Crippen LogP contribution is 2.33. The van der Waals surface area contributed by atoms with Crippen molar-refractivity contribution in [1.29, 1.82) is 0 Å². The average Bonchev–Trinajstić information content (AvgIpc) is 3.15. The Hall–Kier alpha value is -2.63. The summed E-state index contributed by atoms with van der Waals surface area (Å²) in [7, 11) is 0. The van der Waals surface area contributed by atoms with Gasteiger partial charge in [0.1, 0.15) is 0 Å². The van der Waals surface area contributed by atoms with Gasteiger partial charge < -0.3 is 5.11 Å². The Morgan fingerprint density at radius 1 is 0.913 bits per heavy atom. The summed E-state index contributed by atoms with van der Waals surface area (Å²) in [6, 6.07) is 21.7. The highest BCUT2D eigenvalue weighted by Gasteiger charge is 2.41. The Morgan fingerprint density at radius 3 is 2.17 bits per heavy atom. The van der Waals surface area contributed by atoms with Gasteiger partial charge in [0.15, 0.2) is 0 Å². The van der Waals surface area contributed by atoms with E-state index in [0.717, 1.165) is 5.69 Å². The zero-order chi connectivity index (χ0) is 16.1. The fourth-order valence-electron chi connectivity index (χ4n) is 2.29. The van der Waals surface area contributed by atoms with E-state index in [9.17, 15) is 9.90 Å². The number of thiophene rings is 1. The van der Waals surface area contributed by atoms with Crippen molar-refractivity contribution >= 4 is 22.9 Å². The first kappa shape index (κ1) is 15.3. The Kier molecular flexibility index (Phi) is 4.41. The van der Waals surface area contributed by atoms with Gasteiger partial charge in [-0.15, -0.1) is 11.3 Å². The number of anilines is 1. The SMILES string of the molecule is O=C(NNc1ccccc1)[C@@](O)(c1ccccc1)c1cccs1. The molecule has 1 amide bonds. The third kappa shape index (κ3) is 3.11. The predicted octanol–water partition coefficient (Wildman–Crippen LogP) is 3.13. The molecule has 0 fully saturated rings. The van der Waals surface area contributed by atoms with Gasteiger partial charge >= 0.3 is 0 Å². The minimum Gasteiger partial charge on any atom is -0.371 e. The van der Waals surface area contributed by atoms with Gasteiger partial charge in [0.05, 0.1) is 10.6 Å². The molecule has 4 nitrogen and oxygen atoms in total. The van der Waals surface area contributed by atoms with E-state index in [4.69, 9.17) is 0 Å². The zero-order valence-electron chi connectivity index (χ0n) is 12.3. The normalized spacial score (nSPS) is 13.1. The summed E-state index contributed by atoms with van der Waals surface area (Å²) < 4.78 is 0. The number of rotatable bonds is 5. The molecule has 0 radical (unpaired) electrons. The van der Waals surface area contributed by atoms with Gasteiger partial charge in [-0.05, 0) is 29.1 Å². The lowest BCUT2D eigenvalue weighted by atomic mass is 9.91. The molecule has 3 N–H and O–H groups in total. The van der Waals surface area contributed by atoms with Gasteiger partial charge in [-0.25, -0.2) is 0 Å². The zero-order valence-corrected chi connectivity index (χ0v) is 13.1. The fraction of sp³-hybridized carbons (Fsp3) is 0.0556. The van der Waals surface area contributed by atoms with Crippen molar-refractivity contribution in [2.45, 2.75) is 5.60 Å². The van der Waals surface area contributed by atoms with Gasteiger partial charge in [0.2, 0.25) is 5.60 Å². The molecule has 0 saturated carbocycles. The smallest absolute Gasteiger partial charge is 0.280 e. The summed E-state index contributed by atoms with van der Waals surface area (Å²) >= 11 is 1.34.